The molecule has 2 rings (SSSR count). The molecule has 0 radical (unpaired) electrons. The number of hydrogen-bond acceptors (Lipinski definition) is 2. The first kappa shape index (κ1) is 14.3. The van der Waals surface area contributed by atoms with Crippen LogP contribution < -0.4 is 5.32 Å². The first-order chi connectivity index (χ1) is 9.36. The third-order valence-electron chi connectivity index (χ3n) is 2.89. The van der Waals surface area contributed by atoms with Crippen molar-refractivity contribution in [1.29, 1.82) is 0 Å². The van der Waals surface area contributed by atoms with Gasteiger partial charge in [0, 0.05) is 11.0 Å². The summed E-state index contributed by atoms with van der Waals surface area (Å²) < 4.78 is 18.5. The predicted molar refractivity (Wildman–Crippen MR) is 75.4 cm³/mol. The molecule has 0 saturated carbocycles. The highest BCUT2D eigenvalue weighted by atomic mass is 19.1. The zero-order chi connectivity index (χ0) is 14.8. The van der Waals surface area contributed by atoms with Crippen LogP contribution >= 0.6 is 0 Å². The fraction of sp³-hybridized carbons (Fsp3) is 0.312. The van der Waals surface area contributed by atoms with E-state index < -0.39 is 5.41 Å². The number of halogens is 1. The van der Waals surface area contributed by atoms with Crippen molar-refractivity contribution in [3.63, 3.8) is 0 Å². The molecule has 0 aliphatic carbocycles. The average Bonchev–Trinajstić information content (AvgIpc) is 2.84. The van der Waals surface area contributed by atoms with Gasteiger partial charge in [0.15, 0.2) is 0 Å². The first-order valence-electron chi connectivity index (χ1n) is 6.49. The summed E-state index contributed by atoms with van der Waals surface area (Å²) in [4.78, 5) is 11.8. The molecule has 1 heterocycles. The number of amides is 1. The molecule has 0 atom stereocenters. The molecule has 0 aliphatic rings. The molecule has 1 amide bonds. The standard InChI is InChI=1S/C16H18FNO2/c1-16(2,3)15(19)18-10-13-8-9-14(20-13)11-4-6-12(17)7-5-11/h4-9H,10H2,1-3H3,(H,18,19). The van der Waals surface area contributed by atoms with Crippen LogP contribution in [0.1, 0.15) is 26.5 Å². The molecule has 0 spiro atoms. The van der Waals surface area contributed by atoms with Crippen LogP contribution in [0.25, 0.3) is 11.3 Å². The Bertz CT molecular complexity index is 594. The highest BCUT2D eigenvalue weighted by molar-refractivity contribution is 5.81. The average molecular weight is 275 g/mol. The molecule has 1 N–H and O–H groups in total. The highest BCUT2D eigenvalue weighted by Gasteiger charge is 2.20. The fourth-order valence-corrected chi connectivity index (χ4v) is 1.67. The van der Waals surface area contributed by atoms with E-state index in [4.69, 9.17) is 4.42 Å². The van der Waals surface area contributed by atoms with Crippen LogP contribution in [0, 0.1) is 11.2 Å². The van der Waals surface area contributed by atoms with Gasteiger partial charge in [-0.2, -0.15) is 0 Å². The van der Waals surface area contributed by atoms with Crippen molar-refractivity contribution < 1.29 is 13.6 Å². The summed E-state index contributed by atoms with van der Waals surface area (Å²) in [5.74, 6) is 1.02. The van der Waals surface area contributed by atoms with E-state index in [1.165, 1.54) is 12.1 Å². The van der Waals surface area contributed by atoms with Gasteiger partial charge in [-0.25, -0.2) is 4.39 Å². The number of benzene rings is 1. The molecule has 1 aromatic carbocycles. The third kappa shape index (κ3) is 3.47. The molecule has 0 unspecified atom stereocenters. The number of carbonyl (C=O) groups is 1. The Labute approximate surface area is 117 Å². The lowest BCUT2D eigenvalue weighted by Crippen LogP contribution is -2.34. The van der Waals surface area contributed by atoms with Crippen LogP contribution in [0.15, 0.2) is 40.8 Å². The van der Waals surface area contributed by atoms with E-state index in [0.717, 1.165) is 5.56 Å². The topological polar surface area (TPSA) is 42.2 Å². The van der Waals surface area contributed by atoms with Crippen molar-refractivity contribution in [3.05, 3.63) is 48.0 Å². The largest absolute Gasteiger partial charge is 0.459 e. The molecule has 0 bridgehead atoms. The molecule has 3 nitrogen and oxygen atoms in total. The Morgan fingerprint density at radius 1 is 1.15 bits per heavy atom. The lowest BCUT2D eigenvalue weighted by atomic mass is 9.96. The molecular formula is C16H18FNO2. The van der Waals surface area contributed by atoms with Crippen molar-refractivity contribution >= 4 is 5.91 Å². The third-order valence-corrected chi connectivity index (χ3v) is 2.89. The zero-order valence-corrected chi connectivity index (χ0v) is 11.9. The molecule has 2 aromatic rings. The van der Waals surface area contributed by atoms with Crippen molar-refractivity contribution in [2.75, 3.05) is 0 Å². The maximum Gasteiger partial charge on any atom is 0.225 e. The molecule has 106 valence electrons. The van der Waals surface area contributed by atoms with E-state index in [0.29, 0.717) is 18.1 Å². The Morgan fingerprint density at radius 3 is 2.40 bits per heavy atom. The van der Waals surface area contributed by atoms with Crippen LogP contribution in [0.4, 0.5) is 4.39 Å². The molecule has 20 heavy (non-hydrogen) atoms. The van der Waals surface area contributed by atoms with Gasteiger partial charge in [-0.15, -0.1) is 0 Å². The molecule has 4 heteroatoms. The van der Waals surface area contributed by atoms with Crippen molar-refractivity contribution in [2.45, 2.75) is 27.3 Å². The second-order valence-electron chi connectivity index (χ2n) is 5.71. The lowest BCUT2D eigenvalue weighted by Gasteiger charge is -2.16. The van der Waals surface area contributed by atoms with Crippen LogP contribution in [0.3, 0.4) is 0 Å². The molecule has 0 aliphatic heterocycles. The van der Waals surface area contributed by atoms with Crippen molar-refractivity contribution in [3.8, 4) is 11.3 Å². The van der Waals surface area contributed by atoms with Gasteiger partial charge in [0.2, 0.25) is 5.91 Å². The minimum absolute atomic E-state index is 0.0303. The van der Waals surface area contributed by atoms with E-state index in [2.05, 4.69) is 5.32 Å². The number of hydrogen-bond donors (Lipinski definition) is 1. The normalized spacial score (nSPS) is 11.4. The maximum absolute atomic E-state index is 12.9. The van der Waals surface area contributed by atoms with Gasteiger partial charge in [0.1, 0.15) is 17.3 Å². The van der Waals surface area contributed by atoms with Crippen LogP contribution in [-0.4, -0.2) is 5.91 Å². The second-order valence-corrected chi connectivity index (χ2v) is 5.71. The molecule has 0 saturated heterocycles. The summed E-state index contributed by atoms with van der Waals surface area (Å²) in [6.45, 7) is 5.91. The Kier molecular flexibility index (Phi) is 3.93. The Morgan fingerprint density at radius 2 is 1.80 bits per heavy atom. The summed E-state index contributed by atoms with van der Waals surface area (Å²) in [5.41, 5.74) is 0.381. The van der Waals surface area contributed by atoms with E-state index in [1.807, 2.05) is 32.9 Å². The number of furan rings is 1. The van der Waals surface area contributed by atoms with E-state index in [1.54, 1.807) is 12.1 Å². The summed E-state index contributed by atoms with van der Waals surface area (Å²) in [6, 6.07) is 9.71. The second kappa shape index (κ2) is 5.49. The zero-order valence-electron chi connectivity index (χ0n) is 11.9. The lowest BCUT2D eigenvalue weighted by molar-refractivity contribution is -0.128. The Balaban J connectivity index is 2.03. The minimum Gasteiger partial charge on any atom is -0.459 e. The van der Waals surface area contributed by atoms with Crippen LogP contribution in [-0.2, 0) is 11.3 Å². The van der Waals surface area contributed by atoms with E-state index >= 15 is 0 Å². The summed E-state index contributed by atoms with van der Waals surface area (Å²) >= 11 is 0. The molecule has 1 aromatic heterocycles. The van der Waals surface area contributed by atoms with Gasteiger partial charge in [0.25, 0.3) is 0 Å². The van der Waals surface area contributed by atoms with Crippen molar-refractivity contribution in [2.24, 2.45) is 5.41 Å². The Hall–Kier alpha value is -2.10. The minimum atomic E-state index is -0.424. The van der Waals surface area contributed by atoms with Gasteiger partial charge >= 0.3 is 0 Å². The number of nitrogens with one attached hydrogen (secondary N) is 1. The number of rotatable bonds is 3. The molecule has 0 fully saturated rings. The monoisotopic (exact) mass is 275 g/mol. The first-order valence-corrected chi connectivity index (χ1v) is 6.49. The van der Waals surface area contributed by atoms with Gasteiger partial charge in [-0.1, -0.05) is 20.8 Å². The molecular weight excluding hydrogens is 257 g/mol. The fourth-order valence-electron chi connectivity index (χ4n) is 1.67. The van der Waals surface area contributed by atoms with Gasteiger partial charge in [0.05, 0.1) is 6.54 Å². The van der Waals surface area contributed by atoms with Gasteiger partial charge < -0.3 is 9.73 Å². The van der Waals surface area contributed by atoms with Crippen LogP contribution in [0.2, 0.25) is 0 Å². The quantitative estimate of drug-likeness (QED) is 0.927. The van der Waals surface area contributed by atoms with Gasteiger partial charge in [-0.3, -0.25) is 4.79 Å². The van der Waals surface area contributed by atoms with E-state index in [-0.39, 0.29) is 11.7 Å². The highest BCUT2D eigenvalue weighted by Crippen LogP contribution is 2.22. The predicted octanol–water partition coefficient (Wildman–Crippen LogP) is 3.75. The van der Waals surface area contributed by atoms with Crippen LogP contribution in [0.5, 0.6) is 0 Å². The SMILES string of the molecule is CC(C)(C)C(=O)NCc1ccc(-c2ccc(F)cc2)o1. The van der Waals surface area contributed by atoms with Gasteiger partial charge in [-0.05, 0) is 36.4 Å². The number of carbonyl (C=O) groups excluding carboxylic acids is 1. The summed E-state index contributed by atoms with van der Waals surface area (Å²) in [5, 5.41) is 2.82. The summed E-state index contributed by atoms with van der Waals surface area (Å²) in [7, 11) is 0. The van der Waals surface area contributed by atoms with Crippen molar-refractivity contribution in [1.82, 2.24) is 5.32 Å². The van der Waals surface area contributed by atoms with E-state index in [9.17, 15) is 9.18 Å². The smallest absolute Gasteiger partial charge is 0.225 e. The summed E-state index contributed by atoms with van der Waals surface area (Å²) in [6.07, 6.45) is 0. The maximum atomic E-state index is 12.9.